The zero-order valence-corrected chi connectivity index (χ0v) is 16.3. The fraction of sp³-hybridized carbons (Fsp3) is 0.438. The number of rotatable bonds is 2. The molecule has 1 aromatic heterocycles. The Bertz CT molecular complexity index is 763. The Labute approximate surface area is 157 Å². The van der Waals surface area contributed by atoms with Gasteiger partial charge in [0.05, 0.1) is 26.9 Å². The van der Waals surface area contributed by atoms with Crippen molar-refractivity contribution in [3.63, 3.8) is 0 Å². The molecule has 138 valence electrons. The highest BCUT2D eigenvalue weighted by atomic mass is 79.9. The Morgan fingerprint density at radius 1 is 1.36 bits per heavy atom. The first-order valence-electron chi connectivity index (χ1n) is 7.71. The predicted molar refractivity (Wildman–Crippen MR) is 97.3 cm³/mol. The first kappa shape index (κ1) is 20.1. The molecule has 4 N–H and O–H groups in total. The molecule has 0 radical (unpaired) electrons. The molecule has 3 rings (SSSR count). The molecule has 1 saturated carbocycles. The van der Waals surface area contributed by atoms with Gasteiger partial charge in [-0.3, -0.25) is 0 Å². The number of alkyl halides is 4. The van der Waals surface area contributed by atoms with E-state index in [0.717, 1.165) is 17.7 Å². The van der Waals surface area contributed by atoms with E-state index < -0.39 is 16.2 Å². The van der Waals surface area contributed by atoms with Crippen molar-refractivity contribution in [1.29, 1.82) is 0 Å². The van der Waals surface area contributed by atoms with Gasteiger partial charge in [-0.1, -0.05) is 41.4 Å². The molecule has 4 nitrogen and oxygen atoms in total. The number of hydrogen-bond acceptors (Lipinski definition) is 3. The highest BCUT2D eigenvalue weighted by molar-refractivity contribution is 9.10. The van der Waals surface area contributed by atoms with Crippen molar-refractivity contribution in [2.75, 3.05) is 5.73 Å². The van der Waals surface area contributed by atoms with Crippen LogP contribution in [0.15, 0.2) is 18.3 Å². The molecule has 2 unspecified atom stereocenters. The fourth-order valence-corrected chi connectivity index (χ4v) is 3.53. The maximum Gasteiger partial charge on any atom is 0.416 e. The van der Waals surface area contributed by atoms with Crippen LogP contribution in [-0.2, 0) is 6.18 Å². The van der Waals surface area contributed by atoms with Crippen molar-refractivity contribution in [1.82, 2.24) is 9.78 Å². The fourth-order valence-electron chi connectivity index (χ4n) is 2.61. The zero-order chi connectivity index (χ0) is 19.2. The van der Waals surface area contributed by atoms with Crippen molar-refractivity contribution in [2.24, 2.45) is 5.73 Å². The quantitative estimate of drug-likeness (QED) is 0.511. The minimum absolute atomic E-state index is 0.0183. The third-order valence-electron chi connectivity index (χ3n) is 3.94. The number of nitrogen functional groups attached to an aromatic ring is 1. The molecule has 0 bridgehead atoms. The summed E-state index contributed by atoms with van der Waals surface area (Å²) in [5.74, 6) is 0.344. The standard InChI is InChI=1S/C14H13BrClF3N4.C2H6/c1-6-2-7(14(17,18)19)3-10(16)11(6)23-12(20)8(5-22-23)9-4-13(9,15)21;1-2/h2-3,5,9H,4,20-21H2,1H3;1-2H3. The number of nitrogens with two attached hydrogens (primary N) is 2. The number of benzene rings is 1. The van der Waals surface area contributed by atoms with E-state index in [2.05, 4.69) is 21.0 Å². The number of aryl methyl sites for hydroxylation is 1. The summed E-state index contributed by atoms with van der Waals surface area (Å²) in [7, 11) is 0. The summed E-state index contributed by atoms with van der Waals surface area (Å²) in [5.41, 5.74) is 12.7. The van der Waals surface area contributed by atoms with Crippen molar-refractivity contribution in [2.45, 2.75) is 43.7 Å². The average Bonchev–Trinajstić information content (AvgIpc) is 2.97. The maximum absolute atomic E-state index is 12.8. The molecule has 1 aromatic carbocycles. The molecular weight excluding hydrogens is 421 g/mol. The highest BCUT2D eigenvalue weighted by Gasteiger charge is 2.51. The number of halogens is 5. The van der Waals surface area contributed by atoms with Crippen LogP contribution in [0.3, 0.4) is 0 Å². The largest absolute Gasteiger partial charge is 0.416 e. The molecule has 0 amide bonds. The smallest absolute Gasteiger partial charge is 0.383 e. The van der Waals surface area contributed by atoms with E-state index in [9.17, 15) is 13.2 Å². The Hall–Kier alpha value is -1.25. The van der Waals surface area contributed by atoms with Crippen molar-refractivity contribution < 1.29 is 13.2 Å². The summed E-state index contributed by atoms with van der Waals surface area (Å²) < 4.78 is 39.4. The molecule has 2 aromatic rings. The predicted octanol–water partition coefficient (Wildman–Crippen LogP) is 5.00. The second-order valence-electron chi connectivity index (χ2n) is 5.70. The number of hydrogen-bond donors (Lipinski definition) is 2. The highest BCUT2D eigenvalue weighted by Crippen LogP contribution is 2.55. The summed E-state index contributed by atoms with van der Waals surface area (Å²) in [6.45, 7) is 5.53. The van der Waals surface area contributed by atoms with E-state index in [-0.39, 0.29) is 10.9 Å². The third-order valence-corrected chi connectivity index (χ3v) is 5.11. The first-order chi connectivity index (χ1) is 11.5. The minimum atomic E-state index is -4.46. The lowest BCUT2D eigenvalue weighted by Gasteiger charge is -2.14. The van der Waals surface area contributed by atoms with E-state index >= 15 is 0 Å². The van der Waals surface area contributed by atoms with Gasteiger partial charge in [0.15, 0.2) is 0 Å². The van der Waals surface area contributed by atoms with Crippen LogP contribution in [0.1, 0.15) is 42.9 Å². The molecule has 25 heavy (non-hydrogen) atoms. The maximum atomic E-state index is 12.8. The summed E-state index contributed by atoms with van der Waals surface area (Å²) in [6.07, 6.45) is -2.18. The summed E-state index contributed by atoms with van der Waals surface area (Å²) >= 11 is 9.44. The average molecular weight is 440 g/mol. The Morgan fingerprint density at radius 3 is 2.36 bits per heavy atom. The third kappa shape index (κ3) is 3.80. The van der Waals surface area contributed by atoms with Crippen molar-refractivity contribution >= 4 is 33.3 Å². The van der Waals surface area contributed by atoms with E-state index in [1.807, 2.05) is 13.8 Å². The Kier molecular flexibility index (Phi) is 5.47. The molecule has 0 saturated heterocycles. The molecule has 2 atom stereocenters. The summed E-state index contributed by atoms with van der Waals surface area (Å²) in [4.78, 5) is 0. The summed E-state index contributed by atoms with van der Waals surface area (Å²) in [6, 6.07) is 1.90. The van der Waals surface area contributed by atoms with Gasteiger partial charge < -0.3 is 11.5 Å². The molecule has 1 fully saturated rings. The molecule has 0 spiro atoms. The number of aromatic nitrogens is 2. The van der Waals surface area contributed by atoms with Crippen LogP contribution in [0.2, 0.25) is 5.02 Å². The minimum Gasteiger partial charge on any atom is -0.383 e. The van der Waals surface area contributed by atoms with Gasteiger partial charge in [-0.05, 0) is 31.0 Å². The lowest BCUT2D eigenvalue weighted by molar-refractivity contribution is -0.137. The Morgan fingerprint density at radius 2 is 1.92 bits per heavy atom. The van der Waals surface area contributed by atoms with Crippen molar-refractivity contribution in [3.05, 3.63) is 40.0 Å². The second-order valence-corrected chi connectivity index (χ2v) is 7.59. The Balaban J connectivity index is 0.00000109. The topological polar surface area (TPSA) is 69.9 Å². The molecule has 9 heteroatoms. The number of nitrogens with zero attached hydrogens (tertiary/aromatic N) is 2. The van der Waals surface area contributed by atoms with E-state index in [4.69, 9.17) is 23.1 Å². The lowest BCUT2D eigenvalue weighted by Crippen LogP contribution is -2.15. The normalized spacial score (nSPS) is 22.4. The van der Waals surface area contributed by atoms with Crippen LogP contribution in [0.4, 0.5) is 19.0 Å². The van der Waals surface area contributed by atoms with Gasteiger partial charge in [-0.2, -0.15) is 18.3 Å². The SMILES string of the molecule is CC.Cc1cc(C(F)(F)F)cc(Cl)c1-n1ncc(C2CC2(N)Br)c1N. The van der Waals surface area contributed by atoms with Crippen LogP contribution in [0.25, 0.3) is 5.69 Å². The van der Waals surface area contributed by atoms with Crippen LogP contribution < -0.4 is 11.5 Å². The molecule has 1 aliphatic rings. The van der Waals surface area contributed by atoms with Crippen LogP contribution >= 0.6 is 27.5 Å². The van der Waals surface area contributed by atoms with E-state index in [1.165, 1.54) is 11.6 Å². The van der Waals surface area contributed by atoms with Gasteiger partial charge in [0.1, 0.15) is 5.82 Å². The summed E-state index contributed by atoms with van der Waals surface area (Å²) in [5, 5.41) is 4.11. The van der Waals surface area contributed by atoms with Gasteiger partial charge in [0, 0.05) is 11.5 Å². The molecule has 1 heterocycles. The second kappa shape index (κ2) is 6.81. The molecular formula is C16H19BrClF3N4. The van der Waals surface area contributed by atoms with Crippen LogP contribution in [0.5, 0.6) is 0 Å². The zero-order valence-electron chi connectivity index (χ0n) is 14.0. The van der Waals surface area contributed by atoms with Gasteiger partial charge in [-0.25, -0.2) is 4.68 Å². The van der Waals surface area contributed by atoms with Crippen molar-refractivity contribution in [3.8, 4) is 5.69 Å². The van der Waals surface area contributed by atoms with Gasteiger partial charge in [-0.15, -0.1) is 0 Å². The van der Waals surface area contributed by atoms with Crippen LogP contribution in [0, 0.1) is 6.92 Å². The lowest BCUT2D eigenvalue weighted by atomic mass is 10.1. The van der Waals surface area contributed by atoms with E-state index in [1.54, 1.807) is 6.20 Å². The van der Waals surface area contributed by atoms with Gasteiger partial charge >= 0.3 is 6.18 Å². The van der Waals surface area contributed by atoms with E-state index in [0.29, 0.717) is 23.5 Å². The van der Waals surface area contributed by atoms with Gasteiger partial charge in [0.25, 0.3) is 0 Å². The van der Waals surface area contributed by atoms with Crippen LogP contribution in [-0.4, -0.2) is 14.2 Å². The first-order valence-corrected chi connectivity index (χ1v) is 8.88. The molecule has 1 aliphatic carbocycles. The van der Waals surface area contributed by atoms with Gasteiger partial charge in [0.2, 0.25) is 0 Å². The monoisotopic (exact) mass is 438 g/mol. The molecule has 0 aliphatic heterocycles. The number of anilines is 1.